The molecule has 0 bridgehead atoms. The van der Waals surface area contributed by atoms with Gasteiger partial charge in [0, 0.05) is 20.3 Å². The maximum absolute atomic E-state index is 12.5. The average Bonchev–Trinajstić information content (AvgIpc) is 2.56. The van der Waals surface area contributed by atoms with Crippen molar-refractivity contribution >= 4 is 37.3 Å². The Bertz CT molecular complexity index is 1010. The molecule has 1 heterocycles. The maximum atomic E-state index is 12.5. The predicted octanol–water partition coefficient (Wildman–Crippen LogP) is 2.18. The number of aromatic nitrogens is 1. The van der Waals surface area contributed by atoms with Gasteiger partial charge in [-0.2, -0.15) is 0 Å². The zero-order valence-corrected chi connectivity index (χ0v) is 16.7. The van der Waals surface area contributed by atoms with Gasteiger partial charge in [0.15, 0.2) is 0 Å². The van der Waals surface area contributed by atoms with E-state index in [1.165, 1.54) is 50.6 Å². The van der Waals surface area contributed by atoms with Gasteiger partial charge in [0.25, 0.3) is 10.0 Å². The Balaban J connectivity index is 2.51. The topological polar surface area (TPSA) is 106 Å². The third-order valence-electron chi connectivity index (χ3n) is 3.27. The molecule has 2 aromatic rings. The van der Waals surface area contributed by atoms with E-state index < -0.39 is 20.0 Å². The molecule has 26 heavy (non-hydrogen) atoms. The van der Waals surface area contributed by atoms with Crippen LogP contribution in [-0.4, -0.2) is 46.8 Å². The highest BCUT2D eigenvalue weighted by Crippen LogP contribution is 2.30. The first-order chi connectivity index (χ1) is 12.1. The second kappa shape index (κ2) is 7.78. The Morgan fingerprint density at radius 2 is 1.85 bits per heavy atom. The highest BCUT2D eigenvalue weighted by Gasteiger charge is 2.25. The highest BCUT2D eigenvalue weighted by molar-refractivity contribution is 7.92. The van der Waals surface area contributed by atoms with E-state index in [9.17, 15) is 16.8 Å². The van der Waals surface area contributed by atoms with Crippen molar-refractivity contribution in [3.8, 4) is 5.75 Å². The fourth-order valence-electron chi connectivity index (χ4n) is 2.03. The van der Waals surface area contributed by atoms with Crippen LogP contribution in [0.25, 0.3) is 0 Å². The molecule has 2 rings (SSSR count). The Labute approximate surface area is 157 Å². The summed E-state index contributed by atoms with van der Waals surface area (Å²) in [5.74, 6) is 0.128. The molecule has 0 saturated carbocycles. The second-order valence-electron chi connectivity index (χ2n) is 5.28. The van der Waals surface area contributed by atoms with Crippen molar-refractivity contribution in [2.75, 3.05) is 25.4 Å². The standard InChI is InChI=1S/C15H18ClN3O5S2/c1-4-24-12-8-7-11(10-14(12)26(22,23)19(2)3)18-25(20,21)13-6-5-9-17-15(13)16/h5-10,18H,4H2,1-3H3. The summed E-state index contributed by atoms with van der Waals surface area (Å²) in [7, 11) is -5.15. The number of nitrogens with zero attached hydrogens (tertiary/aromatic N) is 2. The minimum atomic E-state index is -4.05. The van der Waals surface area contributed by atoms with Crippen LogP contribution in [0.4, 0.5) is 5.69 Å². The van der Waals surface area contributed by atoms with Crippen LogP contribution < -0.4 is 9.46 Å². The number of nitrogens with one attached hydrogen (secondary N) is 1. The number of halogens is 1. The van der Waals surface area contributed by atoms with Crippen LogP contribution in [0.1, 0.15) is 6.92 Å². The number of rotatable bonds is 7. The van der Waals surface area contributed by atoms with Crippen molar-refractivity contribution < 1.29 is 21.6 Å². The number of hydrogen-bond acceptors (Lipinski definition) is 6. The van der Waals surface area contributed by atoms with Gasteiger partial charge in [-0.15, -0.1) is 0 Å². The molecule has 1 N–H and O–H groups in total. The Morgan fingerprint density at radius 3 is 2.42 bits per heavy atom. The molecule has 0 spiro atoms. The molecule has 0 amide bonds. The molecule has 0 fully saturated rings. The van der Waals surface area contributed by atoms with Gasteiger partial charge in [-0.3, -0.25) is 4.72 Å². The van der Waals surface area contributed by atoms with Crippen LogP contribution in [-0.2, 0) is 20.0 Å². The fraction of sp³-hybridized carbons (Fsp3) is 0.267. The normalized spacial score (nSPS) is 12.2. The van der Waals surface area contributed by atoms with Crippen LogP contribution in [0.3, 0.4) is 0 Å². The Morgan fingerprint density at radius 1 is 1.15 bits per heavy atom. The van der Waals surface area contributed by atoms with Gasteiger partial charge in [0.1, 0.15) is 20.7 Å². The largest absolute Gasteiger partial charge is 0.492 e. The van der Waals surface area contributed by atoms with Crippen LogP contribution in [0.2, 0.25) is 5.15 Å². The highest BCUT2D eigenvalue weighted by atomic mass is 35.5. The zero-order chi connectivity index (χ0) is 19.5. The molecule has 1 aromatic carbocycles. The fourth-order valence-corrected chi connectivity index (χ4v) is 4.58. The molecule has 0 radical (unpaired) electrons. The molecule has 1 aromatic heterocycles. The number of pyridine rings is 1. The molecular weight excluding hydrogens is 402 g/mol. The van der Waals surface area contributed by atoms with Crippen molar-refractivity contribution in [2.24, 2.45) is 0 Å². The first-order valence-corrected chi connectivity index (χ1v) is 10.7. The zero-order valence-electron chi connectivity index (χ0n) is 14.3. The van der Waals surface area contributed by atoms with Crippen molar-refractivity contribution in [1.82, 2.24) is 9.29 Å². The summed E-state index contributed by atoms with van der Waals surface area (Å²) in [6.45, 7) is 1.97. The summed E-state index contributed by atoms with van der Waals surface area (Å²) in [6.07, 6.45) is 1.36. The summed E-state index contributed by atoms with van der Waals surface area (Å²) in [6, 6.07) is 6.72. The van der Waals surface area contributed by atoms with Crippen molar-refractivity contribution in [2.45, 2.75) is 16.7 Å². The average molecular weight is 420 g/mol. The van der Waals surface area contributed by atoms with Gasteiger partial charge in [-0.1, -0.05) is 11.6 Å². The first kappa shape index (κ1) is 20.4. The van der Waals surface area contributed by atoms with Gasteiger partial charge in [0.2, 0.25) is 10.0 Å². The molecule has 0 saturated heterocycles. The summed E-state index contributed by atoms with van der Waals surface area (Å²) >= 11 is 5.83. The lowest BCUT2D eigenvalue weighted by atomic mass is 10.3. The van der Waals surface area contributed by atoms with Crippen molar-refractivity contribution in [3.63, 3.8) is 0 Å². The van der Waals surface area contributed by atoms with E-state index in [2.05, 4.69) is 9.71 Å². The second-order valence-corrected chi connectivity index (χ2v) is 9.41. The summed E-state index contributed by atoms with van der Waals surface area (Å²) in [4.78, 5) is 3.36. The van der Waals surface area contributed by atoms with E-state index in [-0.39, 0.29) is 33.0 Å². The summed E-state index contributed by atoms with van der Waals surface area (Å²) in [5, 5.41) is -0.188. The molecule has 0 unspecified atom stereocenters. The van der Waals surface area contributed by atoms with Crippen LogP contribution in [0.5, 0.6) is 5.75 Å². The molecule has 11 heteroatoms. The molecule has 0 aliphatic carbocycles. The van der Waals surface area contributed by atoms with Gasteiger partial charge >= 0.3 is 0 Å². The Kier molecular flexibility index (Phi) is 6.12. The van der Waals surface area contributed by atoms with E-state index in [1.54, 1.807) is 6.92 Å². The first-order valence-electron chi connectivity index (χ1n) is 7.42. The monoisotopic (exact) mass is 419 g/mol. The minimum Gasteiger partial charge on any atom is -0.492 e. The SMILES string of the molecule is CCOc1ccc(NS(=O)(=O)c2cccnc2Cl)cc1S(=O)(=O)N(C)C. The molecule has 0 aliphatic heterocycles. The minimum absolute atomic E-state index is 0.0498. The van der Waals surface area contributed by atoms with Crippen molar-refractivity contribution in [1.29, 1.82) is 0 Å². The van der Waals surface area contributed by atoms with Gasteiger partial charge < -0.3 is 4.74 Å². The predicted molar refractivity (Wildman–Crippen MR) is 98.5 cm³/mol. The van der Waals surface area contributed by atoms with E-state index >= 15 is 0 Å². The maximum Gasteiger partial charge on any atom is 0.264 e. The lowest BCUT2D eigenvalue weighted by molar-refractivity contribution is 0.330. The molecule has 0 atom stereocenters. The van der Waals surface area contributed by atoms with Gasteiger partial charge in [-0.25, -0.2) is 26.1 Å². The van der Waals surface area contributed by atoms with E-state index in [0.717, 1.165) is 4.31 Å². The number of anilines is 1. The van der Waals surface area contributed by atoms with Gasteiger partial charge in [-0.05, 0) is 37.3 Å². The number of benzene rings is 1. The lowest BCUT2D eigenvalue weighted by Crippen LogP contribution is -2.23. The molecule has 142 valence electrons. The van der Waals surface area contributed by atoms with Crippen LogP contribution in [0, 0.1) is 0 Å². The third kappa shape index (κ3) is 4.26. The molecule has 8 nitrogen and oxygen atoms in total. The molecular formula is C15H18ClN3O5S2. The number of sulfonamides is 2. The lowest BCUT2D eigenvalue weighted by Gasteiger charge is -2.17. The van der Waals surface area contributed by atoms with E-state index in [0.29, 0.717) is 0 Å². The van der Waals surface area contributed by atoms with Crippen LogP contribution in [0.15, 0.2) is 46.3 Å². The van der Waals surface area contributed by atoms with E-state index in [1.807, 2.05) is 0 Å². The third-order valence-corrected chi connectivity index (χ3v) is 6.93. The smallest absolute Gasteiger partial charge is 0.264 e. The number of ether oxygens (including phenoxy) is 1. The summed E-state index contributed by atoms with van der Waals surface area (Å²) < 4.78 is 58.7. The Hall–Kier alpha value is -1.88. The van der Waals surface area contributed by atoms with Crippen LogP contribution >= 0.6 is 11.6 Å². The van der Waals surface area contributed by atoms with E-state index in [4.69, 9.17) is 16.3 Å². The number of hydrogen-bond donors (Lipinski definition) is 1. The molecule has 0 aliphatic rings. The summed E-state index contributed by atoms with van der Waals surface area (Å²) in [5.41, 5.74) is 0.0498. The van der Waals surface area contributed by atoms with Gasteiger partial charge in [0.05, 0.1) is 12.3 Å². The quantitative estimate of drug-likeness (QED) is 0.689. The van der Waals surface area contributed by atoms with Crippen molar-refractivity contribution in [3.05, 3.63) is 41.7 Å².